The molecule has 0 bridgehead atoms. The third-order valence-corrected chi connectivity index (χ3v) is 3.89. The van der Waals surface area contributed by atoms with Crippen LogP contribution in [0.25, 0.3) is 5.65 Å². The van der Waals surface area contributed by atoms with Crippen LogP contribution in [0.3, 0.4) is 0 Å². The van der Waals surface area contributed by atoms with E-state index in [1.54, 1.807) is 6.92 Å². The van der Waals surface area contributed by atoms with Gasteiger partial charge in [0.15, 0.2) is 5.76 Å². The van der Waals surface area contributed by atoms with Gasteiger partial charge in [0.05, 0.1) is 12.2 Å². The van der Waals surface area contributed by atoms with Crippen molar-refractivity contribution in [1.82, 2.24) is 19.9 Å². The van der Waals surface area contributed by atoms with Crippen molar-refractivity contribution in [2.45, 2.75) is 33.7 Å². The van der Waals surface area contributed by atoms with Gasteiger partial charge in [-0.25, -0.2) is 4.98 Å². The van der Waals surface area contributed by atoms with Crippen molar-refractivity contribution < 1.29 is 14.1 Å². The van der Waals surface area contributed by atoms with Crippen molar-refractivity contribution in [1.29, 1.82) is 0 Å². The van der Waals surface area contributed by atoms with Crippen molar-refractivity contribution in [3.05, 3.63) is 47.2 Å². The number of amides is 2. The standard InChI is InChI=1S/C17H19N5O3/c1-4-13-15(11(3)25-21-13)20-17(24)16(23)18-8-12-9-22-10(2)6-5-7-14(22)19-12/h5-7,9H,4,8H2,1-3H3,(H,18,23)(H,20,24). The Morgan fingerprint density at radius 2 is 2.04 bits per heavy atom. The van der Waals surface area contributed by atoms with E-state index in [0.29, 0.717) is 29.3 Å². The molecule has 0 saturated carbocycles. The molecule has 2 amide bonds. The van der Waals surface area contributed by atoms with Gasteiger partial charge in [-0.15, -0.1) is 0 Å². The minimum atomic E-state index is -0.763. The quantitative estimate of drug-likeness (QED) is 0.704. The van der Waals surface area contributed by atoms with Crippen LogP contribution in [0.15, 0.2) is 28.9 Å². The van der Waals surface area contributed by atoms with E-state index in [1.165, 1.54) is 0 Å². The Bertz CT molecular complexity index is 941. The first-order chi connectivity index (χ1) is 12.0. The average molecular weight is 341 g/mol. The fourth-order valence-corrected chi connectivity index (χ4v) is 2.52. The second kappa shape index (κ2) is 6.76. The van der Waals surface area contributed by atoms with Gasteiger partial charge in [0.1, 0.15) is 17.0 Å². The molecule has 0 aliphatic rings. The Hall–Kier alpha value is -3.16. The zero-order valence-electron chi connectivity index (χ0n) is 14.3. The van der Waals surface area contributed by atoms with Crippen molar-refractivity contribution >= 4 is 23.1 Å². The van der Waals surface area contributed by atoms with E-state index in [4.69, 9.17) is 4.52 Å². The lowest BCUT2D eigenvalue weighted by Crippen LogP contribution is -2.35. The largest absolute Gasteiger partial charge is 0.359 e. The predicted molar refractivity (Wildman–Crippen MR) is 91.0 cm³/mol. The van der Waals surface area contributed by atoms with Crippen molar-refractivity contribution in [2.75, 3.05) is 5.32 Å². The summed E-state index contributed by atoms with van der Waals surface area (Å²) in [6.07, 6.45) is 2.43. The summed E-state index contributed by atoms with van der Waals surface area (Å²) in [5.41, 5.74) is 3.56. The number of anilines is 1. The molecule has 0 aliphatic heterocycles. The van der Waals surface area contributed by atoms with Crippen molar-refractivity contribution in [2.24, 2.45) is 0 Å². The highest BCUT2D eigenvalue weighted by molar-refractivity contribution is 6.39. The Labute approximate surface area is 144 Å². The van der Waals surface area contributed by atoms with Crippen LogP contribution in [0, 0.1) is 13.8 Å². The highest BCUT2D eigenvalue weighted by Crippen LogP contribution is 2.20. The Morgan fingerprint density at radius 1 is 1.24 bits per heavy atom. The molecule has 0 saturated heterocycles. The number of nitrogens with zero attached hydrogens (tertiary/aromatic N) is 3. The zero-order chi connectivity index (χ0) is 18.0. The highest BCUT2D eigenvalue weighted by Gasteiger charge is 2.19. The van der Waals surface area contributed by atoms with Crippen LogP contribution in [0.1, 0.15) is 29.8 Å². The van der Waals surface area contributed by atoms with Gasteiger partial charge in [0.25, 0.3) is 0 Å². The number of hydrogen-bond donors (Lipinski definition) is 2. The number of rotatable bonds is 4. The summed E-state index contributed by atoms with van der Waals surface area (Å²) in [7, 11) is 0. The number of nitrogens with one attached hydrogen (secondary N) is 2. The molecule has 0 fully saturated rings. The van der Waals surface area contributed by atoms with Crippen LogP contribution >= 0.6 is 0 Å². The normalized spacial score (nSPS) is 10.8. The lowest BCUT2D eigenvalue weighted by molar-refractivity contribution is -0.136. The van der Waals surface area contributed by atoms with Crippen LogP contribution in [-0.4, -0.2) is 26.4 Å². The van der Waals surface area contributed by atoms with Crippen molar-refractivity contribution in [3.8, 4) is 0 Å². The van der Waals surface area contributed by atoms with Crippen LogP contribution in [0.2, 0.25) is 0 Å². The molecule has 3 aromatic heterocycles. The number of carbonyl (C=O) groups excluding carboxylic acids is 2. The minimum absolute atomic E-state index is 0.163. The van der Waals surface area contributed by atoms with Crippen LogP contribution < -0.4 is 10.6 Å². The fraction of sp³-hybridized carbons (Fsp3) is 0.294. The SMILES string of the molecule is CCc1noc(C)c1NC(=O)C(=O)NCc1cn2c(C)cccc2n1. The van der Waals surface area contributed by atoms with Crippen LogP contribution in [0.4, 0.5) is 5.69 Å². The molecule has 8 nitrogen and oxygen atoms in total. The maximum absolute atomic E-state index is 12.1. The number of pyridine rings is 1. The molecule has 0 aliphatic carbocycles. The Morgan fingerprint density at radius 3 is 2.76 bits per heavy atom. The van der Waals surface area contributed by atoms with Crippen molar-refractivity contribution in [3.63, 3.8) is 0 Å². The number of fused-ring (bicyclic) bond motifs is 1. The van der Waals surface area contributed by atoms with E-state index < -0.39 is 11.8 Å². The third kappa shape index (κ3) is 3.37. The summed E-state index contributed by atoms with van der Waals surface area (Å²) in [5.74, 6) is -1.04. The van der Waals surface area contributed by atoms with Crippen LogP contribution in [0.5, 0.6) is 0 Å². The van der Waals surface area contributed by atoms with E-state index in [2.05, 4.69) is 20.8 Å². The minimum Gasteiger partial charge on any atom is -0.359 e. The van der Waals surface area contributed by atoms with Gasteiger partial charge >= 0.3 is 11.8 Å². The molecule has 25 heavy (non-hydrogen) atoms. The molecule has 130 valence electrons. The van der Waals surface area contributed by atoms with Gasteiger partial charge in [-0.3, -0.25) is 9.59 Å². The number of imidazole rings is 1. The molecule has 0 spiro atoms. The first kappa shape index (κ1) is 16.7. The predicted octanol–water partition coefficient (Wildman–Crippen LogP) is 1.76. The van der Waals surface area contributed by atoms with Gasteiger partial charge in [-0.05, 0) is 32.4 Å². The van der Waals surface area contributed by atoms with Gasteiger partial charge in [-0.1, -0.05) is 18.1 Å². The average Bonchev–Trinajstić information content (AvgIpc) is 3.17. The molecule has 3 aromatic rings. The van der Waals surface area contributed by atoms with Gasteiger partial charge in [0.2, 0.25) is 0 Å². The number of aryl methyl sites for hydroxylation is 3. The summed E-state index contributed by atoms with van der Waals surface area (Å²) >= 11 is 0. The first-order valence-electron chi connectivity index (χ1n) is 7.97. The highest BCUT2D eigenvalue weighted by atomic mass is 16.5. The van der Waals surface area contributed by atoms with E-state index in [-0.39, 0.29) is 6.54 Å². The molecule has 0 aromatic carbocycles. The second-order valence-electron chi connectivity index (χ2n) is 5.68. The molecule has 8 heteroatoms. The maximum Gasteiger partial charge on any atom is 0.313 e. The molecule has 2 N–H and O–H groups in total. The number of hydrogen-bond acceptors (Lipinski definition) is 5. The Balaban J connectivity index is 1.64. The first-order valence-corrected chi connectivity index (χ1v) is 7.97. The summed E-state index contributed by atoms with van der Waals surface area (Å²) in [6, 6.07) is 5.77. The fourth-order valence-electron chi connectivity index (χ4n) is 2.52. The summed E-state index contributed by atoms with van der Waals surface area (Å²) in [6.45, 7) is 5.70. The van der Waals surface area contributed by atoms with Gasteiger partial charge < -0.3 is 19.6 Å². The Kier molecular flexibility index (Phi) is 4.51. The molecule has 0 unspecified atom stereocenters. The lowest BCUT2D eigenvalue weighted by Gasteiger charge is -2.05. The molecular weight excluding hydrogens is 322 g/mol. The topological polar surface area (TPSA) is 102 Å². The summed E-state index contributed by atoms with van der Waals surface area (Å²) < 4.78 is 6.96. The molecule has 0 atom stereocenters. The molecule has 3 heterocycles. The van der Waals surface area contributed by atoms with E-state index >= 15 is 0 Å². The maximum atomic E-state index is 12.1. The molecular formula is C17H19N5O3. The van der Waals surface area contributed by atoms with E-state index in [0.717, 1.165) is 11.3 Å². The van der Waals surface area contributed by atoms with E-state index in [9.17, 15) is 9.59 Å². The number of aromatic nitrogens is 3. The zero-order valence-corrected chi connectivity index (χ0v) is 14.3. The van der Waals surface area contributed by atoms with Crippen LogP contribution in [-0.2, 0) is 22.6 Å². The summed E-state index contributed by atoms with van der Waals surface area (Å²) in [5, 5.41) is 8.96. The molecule has 3 rings (SSSR count). The third-order valence-electron chi connectivity index (χ3n) is 3.89. The number of carbonyl (C=O) groups is 2. The summed E-state index contributed by atoms with van der Waals surface area (Å²) in [4.78, 5) is 28.5. The lowest BCUT2D eigenvalue weighted by atomic mass is 10.2. The van der Waals surface area contributed by atoms with Gasteiger partial charge in [-0.2, -0.15) is 0 Å². The monoisotopic (exact) mass is 341 g/mol. The second-order valence-corrected chi connectivity index (χ2v) is 5.68. The smallest absolute Gasteiger partial charge is 0.313 e. The molecule has 0 radical (unpaired) electrons. The van der Waals surface area contributed by atoms with E-state index in [1.807, 2.05) is 42.6 Å². The van der Waals surface area contributed by atoms with Gasteiger partial charge in [0, 0.05) is 11.9 Å².